The molecule has 0 aliphatic rings. The van der Waals surface area contributed by atoms with Gasteiger partial charge in [0.2, 0.25) is 0 Å². The minimum Gasteiger partial charge on any atom is -0.467 e. The summed E-state index contributed by atoms with van der Waals surface area (Å²) >= 11 is 0. The second-order valence-corrected chi connectivity index (χ2v) is 2.51. The average Bonchev–Trinajstić information content (AvgIpc) is 2.44. The van der Waals surface area contributed by atoms with Crippen LogP contribution in [0.1, 0.15) is 5.82 Å². The van der Waals surface area contributed by atoms with Crippen LogP contribution in [0.15, 0.2) is 0 Å². The summed E-state index contributed by atoms with van der Waals surface area (Å²) in [5.41, 5.74) is 5.19. The van der Waals surface area contributed by atoms with E-state index in [9.17, 15) is 13.2 Å². The first-order chi connectivity index (χ1) is 6.48. The highest BCUT2D eigenvalue weighted by Crippen LogP contribution is 2.21. The van der Waals surface area contributed by atoms with E-state index in [1.165, 1.54) is 7.11 Å². The van der Waals surface area contributed by atoms with E-state index in [2.05, 4.69) is 14.9 Å². The molecule has 0 aromatic carbocycles. The number of aromatic nitrogens is 3. The van der Waals surface area contributed by atoms with Gasteiger partial charge in [-0.1, -0.05) is 5.10 Å². The van der Waals surface area contributed by atoms with E-state index >= 15 is 0 Å². The lowest BCUT2D eigenvalue weighted by Gasteiger charge is -2.10. The monoisotopic (exact) mass is 210 g/mol. The van der Waals surface area contributed by atoms with E-state index in [1.54, 1.807) is 0 Å². The van der Waals surface area contributed by atoms with Gasteiger partial charge < -0.3 is 10.5 Å². The standard InChI is InChI=1S/C6H9F3N4O/c1-14-5-12-11-4(2-10)13(5)3-6(7,8)9/h2-3,10H2,1H3. The van der Waals surface area contributed by atoms with Crippen molar-refractivity contribution in [2.45, 2.75) is 19.3 Å². The highest BCUT2D eigenvalue weighted by molar-refractivity contribution is 5.01. The summed E-state index contributed by atoms with van der Waals surface area (Å²) in [7, 11) is 1.22. The zero-order valence-corrected chi connectivity index (χ0v) is 7.38. The van der Waals surface area contributed by atoms with E-state index in [0.717, 1.165) is 4.57 Å². The molecule has 0 saturated carbocycles. The molecule has 14 heavy (non-hydrogen) atoms. The Morgan fingerprint density at radius 1 is 1.43 bits per heavy atom. The number of methoxy groups -OCH3 is 1. The molecule has 0 radical (unpaired) electrons. The quantitative estimate of drug-likeness (QED) is 0.779. The minimum atomic E-state index is -4.35. The van der Waals surface area contributed by atoms with Crippen molar-refractivity contribution in [2.75, 3.05) is 7.11 Å². The van der Waals surface area contributed by atoms with Crippen LogP contribution < -0.4 is 10.5 Å². The molecule has 80 valence electrons. The van der Waals surface area contributed by atoms with Gasteiger partial charge in [-0.05, 0) is 0 Å². The fourth-order valence-corrected chi connectivity index (χ4v) is 0.959. The van der Waals surface area contributed by atoms with Crippen LogP contribution in [0.3, 0.4) is 0 Å². The number of ether oxygens (including phenoxy) is 1. The molecule has 5 nitrogen and oxygen atoms in total. The fraction of sp³-hybridized carbons (Fsp3) is 0.667. The zero-order chi connectivity index (χ0) is 10.8. The molecule has 8 heteroatoms. The SMILES string of the molecule is COc1nnc(CN)n1CC(F)(F)F. The van der Waals surface area contributed by atoms with Gasteiger partial charge in [-0.3, -0.25) is 4.57 Å². The Kier molecular flexibility index (Phi) is 2.94. The zero-order valence-electron chi connectivity index (χ0n) is 7.38. The van der Waals surface area contributed by atoms with Crippen LogP contribution in [0.25, 0.3) is 0 Å². The van der Waals surface area contributed by atoms with Crippen LogP contribution in [0.4, 0.5) is 13.2 Å². The maximum Gasteiger partial charge on any atom is 0.406 e. The molecular formula is C6H9F3N4O. The molecule has 0 atom stereocenters. The molecular weight excluding hydrogens is 201 g/mol. The molecule has 1 heterocycles. The third-order valence-electron chi connectivity index (χ3n) is 1.50. The van der Waals surface area contributed by atoms with E-state index in [-0.39, 0.29) is 18.4 Å². The molecule has 0 aliphatic heterocycles. The topological polar surface area (TPSA) is 66.0 Å². The number of rotatable bonds is 3. The average molecular weight is 210 g/mol. The summed E-state index contributed by atoms with van der Waals surface area (Å²) in [5, 5.41) is 6.85. The van der Waals surface area contributed by atoms with Crippen molar-refractivity contribution in [2.24, 2.45) is 5.73 Å². The predicted molar refractivity (Wildman–Crippen MR) is 40.5 cm³/mol. The maximum atomic E-state index is 12.1. The molecule has 1 rings (SSSR count). The molecule has 0 amide bonds. The Morgan fingerprint density at radius 2 is 2.07 bits per heavy atom. The molecule has 0 fully saturated rings. The van der Waals surface area contributed by atoms with Gasteiger partial charge in [0.15, 0.2) is 0 Å². The number of nitrogens with zero attached hydrogens (tertiary/aromatic N) is 3. The molecule has 0 unspecified atom stereocenters. The summed E-state index contributed by atoms with van der Waals surface area (Å²) in [5.74, 6) is 0.0409. The van der Waals surface area contributed by atoms with Gasteiger partial charge in [-0.25, -0.2) is 0 Å². The molecule has 0 aliphatic carbocycles. The maximum absolute atomic E-state index is 12.1. The molecule has 2 N–H and O–H groups in total. The summed E-state index contributed by atoms with van der Waals surface area (Å²) in [6.07, 6.45) is -4.35. The normalized spacial score (nSPS) is 11.8. The summed E-state index contributed by atoms with van der Waals surface area (Å²) < 4.78 is 41.6. The van der Waals surface area contributed by atoms with Crippen LogP contribution in [0.5, 0.6) is 6.01 Å². The van der Waals surface area contributed by atoms with Crippen LogP contribution in [0.2, 0.25) is 0 Å². The fourth-order valence-electron chi connectivity index (χ4n) is 0.959. The molecule has 0 spiro atoms. The van der Waals surface area contributed by atoms with E-state index in [1.807, 2.05) is 0 Å². The summed E-state index contributed by atoms with van der Waals surface area (Å²) in [4.78, 5) is 0. The third kappa shape index (κ3) is 2.34. The lowest BCUT2D eigenvalue weighted by molar-refractivity contribution is -0.141. The van der Waals surface area contributed by atoms with Crippen LogP contribution >= 0.6 is 0 Å². The van der Waals surface area contributed by atoms with Gasteiger partial charge in [0.05, 0.1) is 13.7 Å². The van der Waals surface area contributed by atoms with E-state index < -0.39 is 12.7 Å². The molecule has 0 saturated heterocycles. The van der Waals surface area contributed by atoms with Crippen LogP contribution in [-0.4, -0.2) is 28.1 Å². The van der Waals surface area contributed by atoms with Gasteiger partial charge in [-0.2, -0.15) is 13.2 Å². The minimum absolute atomic E-state index is 0.0409. The van der Waals surface area contributed by atoms with Crippen LogP contribution in [0, 0.1) is 0 Å². The van der Waals surface area contributed by atoms with Gasteiger partial charge in [0.25, 0.3) is 0 Å². The Hall–Kier alpha value is -1.31. The van der Waals surface area contributed by atoms with Crippen molar-refractivity contribution < 1.29 is 17.9 Å². The Labute approximate surface area is 77.7 Å². The van der Waals surface area contributed by atoms with Gasteiger partial charge in [0.1, 0.15) is 12.4 Å². The van der Waals surface area contributed by atoms with Crippen molar-refractivity contribution in [3.05, 3.63) is 5.82 Å². The Morgan fingerprint density at radius 3 is 2.50 bits per heavy atom. The third-order valence-corrected chi connectivity index (χ3v) is 1.50. The Bertz CT molecular complexity index is 287. The van der Waals surface area contributed by atoms with Crippen molar-refractivity contribution in [3.63, 3.8) is 0 Å². The number of alkyl halides is 3. The van der Waals surface area contributed by atoms with Gasteiger partial charge in [-0.15, -0.1) is 5.10 Å². The number of hydrogen-bond donors (Lipinski definition) is 1. The Balaban J connectivity index is 2.97. The van der Waals surface area contributed by atoms with Gasteiger partial charge >= 0.3 is 12.2 Å². The van der Waals surface area contributed by atoms with Crippen LogP contribution in [-0.2, 0) is 13.1 Å². The molecule has 0 bridgehead atoms. The van der Waals surface area contributed by atoms with Crippen molar-refractivity contribution in [1.29, 1.82) is 0 Å². The first kappa shape index (κ1) is 10.8. The first-order valence-electron chi connectivity index (χ1n) is 3.71. The number of hydrogen-bond acceptors (Lipinski definition) is 4. The van der Waals surface area contributed by atoms with E-state index in [4.69, 9.17) is 5.73 Å². The lowest BCUT2D eigenvalue weighted by atomic mass is 10.5. The lowest BCUT2D eigenvalue weighted by Crippen LogP contribution is -2.21. The number of halogens is 3. The smallest absolute Gasteiger partial charge is 0.406 e. The second-order valence-electron chi connectivity index (χ2n) is 2.51. The summed E-state index contributed by atoms with van der Waals surface area (Å²) in [6, 6.07) is -0.192. The van der Waals surface area contributed by atoms with Crippen molar-refractivity contribution >= 4 is 0 Å². The molecule has 1 aromatic heterocycles. The van der Waals surface area contributed by atoms with E-state index in [0.29, 0.717) is 0 Å². The number of nitrogens with two attached hydrogens (primary N) is 1. The van der Waals surface area contributed by atoms with Crippen molar-refractivity contribution in [3.8, 4) is 6.01 Å². The van der Waals surface area contributed by atoms with Gasteiger partial charge in [0, 0.05) is 0 Å². The largest absolute Gasteiger partial charge is 0.467 e. The molecule has 1 aromatic rings. The summed E-state index contributed by atoms with van der Waals surface area (Å²) in [6.45, 7) is -1.32. The predicted octanol–water partition coefficient (Wildman–Crippen LogP) is 0.308. The highest BCUT2D eigenvalue weighted by atomic mass is 19.4. The highest BCUT2D eigenvalue weighted by Gasteiger charge is 2.31. The first-order valence-corrected chi connectivity index (χ1v) is 3.71. The van der Waals surface area contributed by atoms with Crippen molar-refractivity contribution in [1.82, 2.24) is 14.8 Å². The second kappa shape index (κ2) is 3.82.